The highest BCUT2D eigenvalue weighted by atomic mass is 127. The molecule has 0 N–H and O–H groups in total. The van der Waals surface area contributed by atoms with Gasteiger partial charge in [0, 0.05) is 26.8 Å². The van der Waals surface area contributed by atoms with E-state index in [2.05, 4.69) is 71.2 Å². The summed E-state index contributed by atoms with van der Waals surface area (Å²) in [5.74, 6) is 1.27. The topological polar surface area (TPSA) is 29.5 Å². The molecule has 2 aromatic carbocycles. The summed E-state index contributed by atoms with van der Waals surface area (Å²) in [5, 5.41) is 0. The maximum absolute atomic E-state index is 13.1. The molecule has 2 aromatic rings. The average molecular weight is 559 g/mol. The SMILES string of the molecule is COc1c(I)cc(I)cc1/C=C1\C(=O)N(CC(C)C)c2ccccc21. The van der Waals surface area contributed by atoms with Gasteiger partial charge >= 0.3 is 0 Å². The van der Waals surface area contributed by atoms with Crippen LogP contribution in [0, 0.1) is 13.1 Å². The van der Waals surface area contributed by atoms with Crippen LogP contribution in [0.15, 0.2) is 36.4 Å². The molecule has 1 aliphatic rings. The quantitative estimate of drug-likeness (QED) is 0.369. The first-order valence-corrected chi connectivity index (χ1v) is 10.2. The van der Waals surface area contributed by atoms with Gasteiger partial charge in [0.05, 0.1) is 16.4 Å². The van der Waals surface area contributed by atoms with E-state index in [1.807, 2.05) is 35.2 Å². The Labute approximate surface area is 175 Å². The molecule has 0 fully saturated rings. The fraction of sp³-hybridized carbons (Fsp3) is 0.250. The number of amides is 1. The Balaban J connectivity index is 2.15. The van der Waals surface area contributed by atoms with Gasteiger partial charge in [0.1, 0.15) is 5.75 Å². The third-order valence-electron chi connectivity index (χ3n) is 4.05. The summed E-state index contributed by atoms with van der Waals surface area (Å²) >= 11 is 4.56. The second kappa shape index (κ2) is 7.65. The first-order chi connectivity index (χ1) is 11.9. The fourth-order valence-corrected chi connectivity index (χ4v) is 5.16. The predicted octanol–water partition coefficient (Wildman–Crippen LogP) is 5.45. The molecule has 0 radical (unpaired) electrons. The molecule has 0 aromatic heterocycles. The van der Waals surface area contributed by atoms with Crippen LogP contribution in [0.2, 0.25) is 0 Å². The Hall–Kier alpha value is -1.09. The van der Waals surface area contributed by atoms with Gasteiger partial charge in [-0.1, -0.05) is 32.0 Å². The highest BCUT2D eigenvalue weighted by molar-refractivity contribution is 14.1. The van der Waals surface area contributed by atoms with Gasteiger partial charge in [-0.15, -0.1) is 0 Å². The number of carbonyl (C=O) groups excluding carboxylic acids is 1. The molecule has 1 amide bonds. The lowest BCUT2D eigenvalue weighted by Gasteiger charge is -2.19. The Morgan fingerprint density at radius 2 is 1.92 bits per heavy atom. The molecule has 3 nitrogen and oxygen atoms in total. The summed E-state index contributed by atoms with van der Waals surface area (Å²) in [6.45, 7) is 4.97. The van der Waals surface area contributed by atoms with E-state index in [0.717, 1.165) is 35.3 Å². The van der Waals surface area contributed by atoms with E-state index in [1.165, 1.54) is 0 Å². The number of anilines is 1. The summed E-state index contributed by atoms with van der Waals surface area (Å²) in [6.07, 6.45) is 1.96. The summed E-state index contributed by atoms with van der Waals surface area (Å²) in [6, 6.07) is 12.1. The molecule has 0 spiro atoms. The van der Waals surface area contributed by atoms with Crippen molar-refractivity contribution in [1.82, 2.24) is 0 Å². The van der Waals surface area contributed by atoms with Crippen LogP contribution < -0.4 is 9.64 Å². The molecule has 3 rings (SSSR count). The molecular formula is C20H19I2NO2. The van der Waals surface area contributed by atoms with Crippen LogP contribution in [0.4, 0.5) is 5.69 Å². The van der Waals surface area contributed by atoms with Crippen molar-refractivity contribution in [3.8, 4) is 5.75 Å². The van der Waals surface area contributed by atoms with E-state index in [-0.39, 0.29) is 5.91 Å². The van der Waals surface area contributed by atoms with Gasteiger partial charge < -0.3 is 9.64 Å². The van der Waals surface area contributed by atoms with E-state index in [9.17, 15) is 4.79 Å². The smallest absolute Gasteiger partial charge is 0.259 e. The van der Waals surface area contributed by atoms with Crippen LogP contribution in [-0.4, -0.2) is 19.6 Å². The minimum atomic E-state index is 0.0609. The third kappa shape index (κ3) is 3.72. The number of halogens is 2. The normalized spacial score (nSPS) is 15.2. The van der Waals surface area contributed by atoms with Crippen molar-refractivity contribution >= 4 is 68.4 Å². The molecule has 130 valence electrons. The number of nitrogens with zero attached hydrogens (tertiary/aromatic N) is 1. The van der Waals surface area contributed by atoms with Crippen LogP contribution in [-0.2, 0) is 4.79 Å². The number of carbonyl (C=O) groups is 1. The maximum Gasteiger partial charge on any atom is 0.259 e. The highest BCUT2D eigenvalue weighted by Crippen LogP contribution is 2.39. The second-order valence-electron chi connectivity index (χ2n) is 6.39. The Morgan fingerprint density at radius 1 is 1.20 bits per heavy atom. The minimum Gasteiger partial charge on any atom is -0.495 e. The van der Waals surface area contributed by atoms with Crippen molar-refractivity contribution in [1.29, 1.82) is 0 Å². The number of hydrogen-bond acceptors (Lipinski definition) is 2. The zero-order valence-electron chi connectivity index (χ0n) is 14.3. The summed E-state index contributed by atoms with van der Waals surface area (Å²) in [4.78, 5) is 15.0. The van der Waals surface area contributed by atoms with Crippen LogP contribution >= 0.6 is 45.2 Å². The molecule has 0 unspecified atom stereocenters. The molecule has 0 bridgehead atoms. The molecule has 0 atom stereocenters. The zero-order chi connectivity index (χ0) is 18.1. The number of ether oxygens (including phenoxy) is 1. The lowest BCUT2D eigenvalue weighted by molar-refractivity contribution is -0.113. The number of methoxy groups -OCH3 is 1. The highest BCUT2D eigenvalue weighted by Gasteiger charge is 2.32. The average Bonchev–Trinajstić information content (AvgIpc) is 2.80. The third-order valence-corrected chi connectivity index (χ3v) is 5.47. The molecule has 0 saturated carbocycles. The fourth-order valence-electron chi connectivity index (χ4n) is 3.05. The molecule has 1 heterocycles. The number of para-hydroxylation sites is 1. The molecule has 25 heavy (non-hydrogen) atoms. The second-order valence-corrected chi connectivity index (χ2v) is 8.80. The van der Waals surface area contributed by atoms with Crippen LogP contribution in [0.25, 0.3) is 11.6 Å². The standard InChI is InChI=1S/C20H19I2NO2/c1-12(2)11-23-18-7-5-4-6-15(18)16(20(23)24)9-13-8-14(21)10-17(22)19(13)25-3/h4-10,12H,11H2,1-3H3/b16-9-. The molecule has 0 saturated heterocycles. The van der Waals surface area contributed by atoms with Crippen molar-refractivity contribution in [3.05, 3.63) is 54.7 Å². The first-order valence-electron chi connectivity index (χ1n) is 8.08. The van der Waals surface area contributed by atoms with E-state index < -0.39 is 0 Å². The summed E-state index contributed by atoms with van der Waals surface area (Å²) in [7, 11) is 1.67. The number of rotatable bonds is 4. The molecular weight excluding hydrogens is 540 g/mol. The molecule has 0 aliphatic carbocycles. The Bertz CT molecular complexity index is 859. The van der Waals surface area contributed by atoms with Crippen LogP contribution in [0.5, 0.6) is 5.75 Å². The number of fused-ring (bicyclic) bond motifs is 1. The van der Waals surface area contributed by atoms with Gasteiger partial charge in [0.25, 0.3) is 5.91 Å². The summed E-state index contributed by atoms with van der Waals surface area (Å²) < 4.78 is 7.73. The number of benzene rings is 2. The maximum atomic E-state index is 13.1. The summed E-state index contributed by atoms with van der Waals surface area (Å²) in [5.41, 5.74) is 3.64. The van der Waals surface area contributed by atoms with Gasteiger partial charge in [0.15, 0.2) is 0 Å². The largest absolute Gasteiger partial charge is 0.495 e. The predicted molar refractivity (Wildman–Crippen MR) is 120 cm³/mol. The lowest BCUT2D eigenvalue weighted by Crippen LogP contribution is -2.30. The van der Waals surface area contributed by atoms with Crippen LogP contribution in [0.3, 0.4) is 0 Å². The minimum absolute atomic E-state index is 0.0609. The first kappa shape index (κ1) is 18.7. The van der Waals surface area contributed by atoms with Crippen molar-refractivity contribution in [2.24, 2.45) is 5.92 Å². The van der Waals surface area contributed by atoms with E-state index >= 15 is 0 Å². The van der Waals surface area contributed by atoms with E-state index in [0.29, 0.717) is 12.5 Å². The monoisotopic (exact) mass is 559 g/mol. The van der Waals surface area contributed by atoms with Crippen LogP contribution in [0.1, 0.15) is 25.0 Å². The number of hydrogen-bond donors (Lipinski definition) is 0. The van der Waals surface area contributed by atoms with Gasteiger partial charge in [-0.2, -0.15) is 0 Å². The van der Waals surface area contributed by atoms with Gasteiger partial charge in [-0.25, -0.2) is 0 Å². The molecule has 1 aliphatic heterocycles. The van der Waals surface area contributed by atoms with E-state index in [1.54, 1.807) is 7.11 Å². The lowest BCUT2D eigenvalue weighted by atomic mass is 10.0. The van der Waals surface area contributed by atoms with Crippen molar-refractivity contribution in [2.75, 3.05) is 18.6 Å². The van der Waals surface area contributed by atoms with E-state index in [4.69, 9.17) is 4.74 Å². The van der Waals surface area contributed by atoms with Crippen molar-refractivity contribution in [3.63, 3.8) is 0 Å². The molecule has 5 heteroatoms. The Morgan fingerprint density at radius 3 is 2.60 bits per heavy atom. The van der Waals surface area contributed by atoms with Gasteiger partial charge in [-0.05, 0) is 75.4 Å². The van der Waals surface area contributed by atoms with Crippen molar-refractivity contribution in [2.45, 2.75) is 13.8 Å². The zero-order valence-corrected chi connectivity index (χ0v) is 18.7. The van der Waals surface area contributed by atoms with Crippen molar-refractivity contribution < 1.29 is 9.53 Å². The Kier molecular flexibility index (Phi) is 5.72. The van der Waals surface area contributed by atoms with Gasteiger partial charge in [0.2, 0.25) is 0 Å². The van der Waals surface area contributed by atoms with Gasteiger partial charge in [-0.3, -0.25) is 4.79 Å².